The first kappa shape index (κ1) is 20.1. The number of nitrogens with one attached hydrogen (secondary N) is 2. The van der Waals surface area contributed by atoms with Crippen LogP contribution < -0.4 is 10.6 Å². The fourth-order valence-corrected chi connectivity index (χ4v) is 1.75. The molecule has 0 saturated carbocycles. The van der Waals surface area contributed by atoms with Crippen molar-refractivity contribution in [2.24, 2.45) is 4.99 Å². The van der Waals surface area contributed by atoms with Crippen molar-refractivity contribution >= 4 is 29.9 Å². The Morgan fingerprint density at radius 1 is 1.24 bits per heavy atom. The number of methoxy groups -OCH3 is 1. The second kappa shape index (κ2) is 11.7. The predicted octanol–water partition coefficient (Wildman–Crippen LogP) is 3.10. The minimum absolute atomic E-state index is 0. The Bertz CT molecular complexity index is 412. The third-order valence-corrected chi connectivity index (χ3v) is 2.83. The van der Waals surface area contributed by atoms with Gasteiger partial charge in [0.1, 0.15) is 11.9 Å². The van der Waals surface area contributed by atoms with Crippen molar-refractivity contribution < 1.29 is 9.13 Å². The van der Waals surface area contributed by atoms with Crippen molar-refractivity contribution in [2.45, 2.75) is 26.4 Å². The van der Waals surface area contributed by atoms with Gasteiger partial charge in [0, 0.05) is 20.2 Å². The summed E-state index contributed by atoms with van der Waals surface area (Å²) in [5.41, 5.74) is 0.920. The molecule has 2 N–H and O–H groups in total. The molecule has 0 spiro atoms. The molecule has 0 heterocycles. The monoisotopic (exact) mass is 409 g/mol. The molecule has 0 saturated heterocycles. The van der Waals surface area contributed by atoms with Crippen molar-refractivity contribution in [3.8, 4) is 0 Å². The highest BCUT2D eigenvalue weighted by Crippen LogP contribution is 2.17. The van der Waals surface area contributed by atoms with Crippen LogP contribution in [0.3, 0.4) is 0 Å². The molecule has 1 unspecified atom stereocenters. The number of hydrogen-bond acceptors (Lipinski definition) is 2. The number of aliphatic imine (C=N–C) groups is 1. The number of rotatable bonds is 7. The van der Waals surface area contributed by atoms with E-state index in [1.165, 1.54) is 12.1 Å². The number of ether oxygens (including phenoxy) is 1. The van der Waals surface area contributed by atoms with Crippen LogP contribution in [-0.2, 0) is 4.74 Å². The average molecular weight is 409 g/mol. The summed E-state index contributed by atoms with van der Waals surface area (Å²) < 4.78 is 18.3. The van der Waals surface area contributed by atoms with Crippen molar-refractivity contribution in [2.75, 3.05) is 26.7 Å². The van der Waals surface area contributed by atoms with Crippen LogP contribution in [0.1, 0.15) is 31.9 Å². The summed E-state index contributed by atoms with van der Waals surface area (Å²) >= 11 is 0. The molecule has 0 fully saturated rings. The van der Waals surface area contributed by atoms with Crippen LogP contribution in [0, 0.1) is 5.82 Å². The molecule has 0 bridgehead atoms. The first-order valence-corrected chi connectivity index (χ1v) is 7.01. The first-order chi connectivity index (χ1) is 9.71. The van der Waals surface area contributed by atoms with Crippen LogP contribution in [0.5, 0.6) is 0 Å². The summed E-state index contributed by atoms with van der Waals surface area (Å²) in [6, 6.07) is 6.33. The molecular formula is C15H25FIN3O. The molecule has 21 heavy (non-hydrogen) atoms. The van der Waals surface area contributed by atoms with Crippen molar-refractivity contribution in [3.05, 3.63) is 35.6 Å². The summed E-state index contributed by atoms with van der Waals surface area (Å²) in [6.07, 6.45) is 0.864. The van der Waals surface area contributed by atoms with E-state index in [0.717, 1.165) is 31.0 Å². The lowest BCUT2D eigenvalue weighted by molar-refractivity contribution is 0.111. The van der Waals surface area contributed by atoms with Crippen molar-refractivity contribution in [1.29, 1.82) is 0 Å². The molecular weight excluding hydrogens is 384 g/mol. The zero-order valence-electron chi connectivity index (χ0n) is 12.9. The zero-order valence-corrected chi connectivity index (χ0v) is 15.2. The van der Waals surface area contributed by atoms with E-state index in [4.69, 9.17) is 4.74 Å². The van der Waals surface area contributed by atoms with E-state index in [1.807, 2.05) is 6.92 Å². The summed E-state index contributed by atoms with van der Waals surface area (Å²) in [7, 11) is 1.63. The third kappa shape index (κ3) is 7.61. The lowest BCUT2D eigenvalue weighted by Gasteiger charge is -2.15. The molecule has 1 aromatic carbocycles. The van der Waals surface area contributed by atoms with Gasteiger partial charge in [-0.05, 0) is 31.0 Å². The predicted molar refractivity (Wildman–Crippen MR) is 95.8 cm³/mol. The smallest absolute Gasteiger partial charge is 0.191 e. The molecule has 0 amide bonds. The number of benzene rings is 1. The van der Waals surface area contributed by atoms with Gasteiger partial charge < -0.3 is 15.4 Å². The highest BCUT2D eigenvalue weighted by molar-refractivity contribution is 14.0. The molecule has 1 rings (SSSR count). The minimum Gasteiger partial charge on any atom is -0.375 e. The maximum Gasteiger partial charge on any atom is 0.191 e. The molecule has 0 radical (unpaired) electrons. The molecule has 4 nitrogen and oxygen atoms in total. The maximum absolute atomic E-state index is 12.9. The van der Waals surface area contributed by atoms with Gasteiger partial charge in [-0.15, -0.1) is 24.0 Å². The first-order valence-electron chi connectivity index (χ1n) is 7.01. The highest BCUT2D eigenvalue weighted by atomic mass is 127. The Hall–Kier alpha value is -0.890. The van der Waals surface area contributed by atoms with E-state index < -0.39 is 0 Å². The van der Waals surface area contributed by atoms with E-state index >= 15 is 0 Å². The van der Waals surface area contributed by atoms with Crippen LogP contribution in [0.25, 0.3) is 0 Å². The van der Waals surface area contributed by atoms with E-state index in [1.54, 1.807) is 19.2 Å². The Kier molecular flexibility index (Phi) is 11.2. The average Bonchev–Trinajstić information content (AvgIpc) is 2.47. The van der Waals surface area contributed by atoms with Gasteiger partial charge in [0.05, 0.1) is 6.54 Å². The van der Waals surface area contributed by atoms with Crippen LogP contribution in [0.4, 0.5) is 4.39 Å². The van der Waals surface area contributed by atoms with Gasteiger partial charge >= 0.3 is 0 Å². The standard InChI is InChI=1S/C15H24FN3O.HI/c1-4-10-18-15(17-5-2)19-11-14(20-3)12-6-8-13(16)9-7-12;/h6-9,14H,4-5,10-11H2,1-3H3,(H2,17,18,19);1H. The molecule has 1 atom stereocenters. The fraction of sp³-hybridized carbons (Fsp3) is 0.533. The third-order valence-electron chi connectivity index (χ3n) is 2.83. The number of nitrogens with zero attached hydrogens (tertiary/aromatic N) is 1. The normalized spacial score (nSPS) is 12.5. The Morgan fingerprint density at radius 2 is 1.90 bits per heavy atom. The van der Waals surface area contributed by atoms with E-state index in [-0.39, 0.29) is 35.9 Å². The van der Waals surface area contributed by atoms with Gasteiger partial charge in [-0.25, -0.2) is 4.39 Å². The van der Waals surface area contributed by atoms with Gasteiger partial charge in [-0.2, -0.15) is 0 Å². The van der Waals surface area contributed by atoms with E-state index in [2.05, 4.69) is 22.5 Å². The van der Waals surface area contributed by atoms with Gasteiger partial charge in [0.2, 0.25) is 0 Å². The number of hydrogen-bond donors (Lipinski definition) is 2. The zero-order chi connectivity index (χ0) is 14.8. The molecule has 120 valence electrons. The summed E-state index contributed by atoms with van der Waals surface area (Å²) in [4.78, 5) is 4.50. The molecule has 0 aliphatic heterocycles. The highest BCUT2D eigenvalue weighted by Gasteiger charge is 2.10. The largest absolute Gasteiger partial charge is 0.375 e. The van der Waals surface area contributed by atoms with Crippen LogP contribution >= 0.6 is 24.0 Å². The fourth-order valence-electron chi connectivity index (χ4n) is 1.75. The summed E-state index contributed by atoms with van der Waals surface area (Å²) in [6.45, 7) is 6.30. The molecule has 0 aromatic heterocycles. The lowest BCUT2D eigenvalue weighted by atomic mass is 10.1. The van der Waals surface area contributed by atoms with Gasteiger partial charge in [0.15, 0.2) is 5.96 Å². The Morgan fingerprint density at radius 3 is 2.43 bits per heavy atom. The topological polar surface area (TPSA) is 45.7 Å². The summed E-state index contributed by atoms with van der Waals surface area (Å²) in [5.74, 6) is 0.531. The van der Waals surface area contributed by atoms with Crippen LogP contribution in [0.15, 0.2) is 29.3 Å². The lowest BCUT2D eigenvalue weighted by Crippen LogP contribution is -2.38. The number of halogens is 2. The van der Waals surface area contributed by atoms with Gasteiger partial charge in [-0.1, -0.05) is 19.1 Å². The van der Waals surface area contributed by atoms with Crippen LogP contribution in [0.2, 0.25) is 0 Å². The summed E-state index contributed by atoms with van der Waals surface area (Å²) in [5, 5.41) is 6.41. The molecule has 0 aliphatic carbocycles. The van der Waals surface area contributed by atoms with E-state index in [0.29, 0.717) is 6.54 Å². The van der Waals surface area contributed by atoms with Crippen LogP contribution in [-0.4, -0.2) is 32.7 Å². The second-order valence-electron chi connectivity index (χ2n) is 4.42. The Balaban J connectivity index is 0.00000400. The molecule has 0 aliphatic rings. The quantitative estimate of drug-likeness (QED) is 0.414. The van der Waals surface area contributed by atoms with Gasteiger partial charge in [-0.3, -0.25) is 4.99 Å². The molecule has 6 heteroatoms. The SMILES string of the molecule is CCCNC(=NCC(OC)c1ccc(F)cc1)NCC.I. The van der Waals surface area contributed by atoms with Crippen molar-refractivity contribution in [1.82, 2.24) is 10.6 Å². The Labute approximate surface area is 143 Å². The maximum atomic E-state index is 12.9. The van der Waals surface area contributed by atoms with Crippen molar-refractivity contribution in [3.63, 3.8) is 0 Å². The van der Waals surface area contributed by atoms with Gasteiger partial charge in [0.25, 0.3) is 0 Å². The molecule has 1 aromatic rings. The second-order valence-corrected chi connectivity index (χ2v) is 4.42. The number of guanidine groups is 1. The minimum atomic E-state index is -0.245. The van der Waals surface area contributed by atoms with E-state index in [9.17, 15) is 4.39 Å².